The number of rotatable bonds is 6. The van der Waals surface area contributed by atoms with Gasteiger partial charge in [-0.1, -0.05) is 140 Å². The smallest absolute Gasteiger partial charge is 0.182 e. The summed E-state index contributed by atoms with van der Waals surface area (Å²) in [6.07, 6.45) is 0. The van der Waals surface area contributed by atoms with Gasteiger partial charge in [0, 0.05) is 27.6 Å². The highest BCUT2D eigenvalue weighted by molar-refractivity contribution is 6.10. The third kappa shape index (κ3) is 4.88. The molecule has 2 heterocycles. The molecule has 9 rings (SSSR count). The summed E-state index contributed by atoms with van der Waals surface area (Å²) < 4.78 is 4.30. The highest BCUT2D eigenvalue weighted by Crippen LogP contribution is 2.36. The topological polar surface area (TPSA) is 35.6 Å². The van der Waals surface area contributed by atoms with Crippen LogP contribution in [0.4, 0.5) is 0 Å². The lowest BCUT2D eigenvalue weighted by atomic mass is 9.99. The third-order valence-electron chi connectivity index (χ3n) is 9.02. The van der Waals surface area contributed by atoms with Crippen LogP contribution in [0.25, 0.3) is 78.2 Å². The fourth-order valence-electron chi connectivity index (χ4n) is 6.63. The zero-order valence-corrected chi connectivity index (χ0v) is 26.1. The van der Waals surface area contributed by atoms with E-state index in [1.165, 1.54) is 44.1 Å². The predicted octanol–water partition coefficient (Wildman–Crippen LogP) is 11.0. The van der Waals surface area contributed by atoms with Crippen molar-refractivity contribution in [2.45, 2.75) is 0 Å². The van der Waals surface area contributed by atoms with Crippen LogP contribution in [-0.2, 0) is 0 Å². The minimum atomic E-state index is 0.700. The van der Waals surface area contributed by atoms with E-state index >= 15 is 0 Å². The molecule has 0 bridgehead atoms. The fourth-order valence-corrected chi connectivity index (χ4v) is 6.63. The van der Waals surface area contributed by atoms with E-state index in [1.54, 1.807) is 0 Å². The van der Waals surface area contributed by atoms with Gasteiger partial charge in [-0.25, -0.2) is 9.67 Å². The van der Waals surface area contributed by atoms with Gasteiger partial charge in [-0.05, 0) is 64.7 Å². The maximum absolute atomic E-state index is 4.98. The van der Waals surface area contributed by atoms with Crippen molar-refractivity contribution in [2.75, 3.05) is 0 Å². The molecule has 0 radical (unpaired) electrons. The maximum atomic E-state index is 4.98. The van der Waals surface area contributed by atoms with E-state index in [1.807, 2.05) is 53.2 Å². The zero-order chi connectivity index (χ0) is 31.9. The van der Waals surface area contributed by atoms with Gasteiger partial charge in [0.05, 0.1) is 16.7 Å². The lowest BCUT2D eigenvalue weighted by molar-refractivity contribution is 0.889. The molecule has 2 aromatic heterocycles. The summed E-state index contributed by atoms with van der Waals surface area (Å²) in [6.45, 7) is 0. The summed E-state index contributed by atoms with van der Waals surface area (Å²) in [5.74, 6) is 1.51. The standard InChI is InChI=1S/C44H30N4/c1-4-12-31(13-5-1)32-20-22-33(23-21-32)36-24-29-42-40(30-36)39-18-10-11-19-41(39)47(42)37-25-27-38(28-26-37)48-44(35-16-8-3-9-17-35)45-43(46-48)34-14-6-2-7-15-34/h1-30H. The Morgan fingerprint density at radius 3 is 1.54 bits per heavy atom. The van der Waals surface area contributed by atoms with Crippen molar-refractivity contribution in [3.63, 3.8) is 0 Å². The Kier molecular flexibility index (Phi) is 6.76. The monoisotopic (exact) mass is 614 g/mol. The summed E-state index contributed by atoms with van der Waals surface area (Å²) in [5, 5.41) is 7.44. The van der Waals surface area contributed by atoms with Crippen molar-refractivity contribution in [2.24, 2.45) is 0 Å². The predicted molar refractivity (Wildman–Crippen MR) is 197 cm³/mol. The first-order chi connectivity index (χ1) is 23.8. The van der Waals surface area contributed by atoms with Crippen molar-refractivity contribution in [1.82, 2.24) is 19.3 Å². The van der Waals surface area contributed by atoms with Gasteiger partial charge in [-0.3, -0.25) is 0 Å². The Hall–Kier alpha value is -6.52. The van der Waals surface area contributed by atoms with Crippen molar-refractivity contribution in [3.05, 3.63) is 182 Å². The third-order valence-corrected chi connectivity index (χ3v) is 9.02. The van der Waals surface area contributed by atoms with Crippen LogP contribution in [0.1, 0.15) is 0 Å². The molecule has 226 valence electrons. The maximum Gasteiger partial charge on any atom is 0.182 e. The van der Waals surface area contributed by atoms with E-state index < -0.39 is 0 Å². The van der Waals surface area contributed by atoms with E-state index in [-0.39, 0.29) is 0 Å². The van der Waals surface area contributed by atoms with Crippen LogP contribution < -0.4 is 0 Å². The zero-order valence-electron chi connectivity index (χ0n) is 26.1. The fraction of sp³-hybridized carbons (Fsp3) is 0. The normalized spacial score (nSPS) is 11.3. The van der Waals surface area contributed by atoms with Crippen molar-refractivity contribution in [1.29, 1.82) is 0 Å². The van der Waals surface area contributed by atoms with Gasteiger partial charge >= 0.3 is 0 Å². The first kappa shape index (κ1) is 27.8. The number of nitrogens with zero attached hydrogens (tertiary/aromatic N) is 4. The molecule has 0 unspecified atom stereocenters. The number of fused-ring (bicyclic) bond motifs is 3. The summed E-state index contributed by atoms with van der Waals surface area (Å²) in [4.78, 5) is 4.98. The van der Waals surface area contributed by atoms with Crippen LogP contribution in [0.15, 0.2) is 182 Å². The van der Waals surface area contributed by atoms with Crippen molar-refractivity contribution in [3.8, 4) is 56.4 Å². The van der Waals surface area contributed by atoms with E-state index in [4.69, 9.17) is 10.1 Å². The van der Waals surface area contributed by atoms with Gasteiger partial charge in [-0.2, -0.15) is 0 Å². The molecule has 0 saturated heterocycles. The highest BCUT2D eigenvalue weighted by atomic mass is 15.4. The van der Waals surface area contributed by atoms with Crippen LogP contribution in [-0.4, -0.2) is 19.3 Å². The van der Waals surface area contributed by atoms with E-state index in [9.17, 15) is 0 Å². The molecule has 0 aliphatic heterocycles. The molecular weight excluding hydrogens is 585 g/mol. The molecule has 9 aromatic rings. The molecule has 4 heteroatoms. The van der Waals surface area contributed by atoms with Gasteiger partial charge in [-0.15, -0.1) is 5.10 Å². The van der Waals surface area contributed by atoms with E-state index in [2.05, 4.69) is 138 Å². The first-order valence-corrected chi connectivity index (χ1v) is 16.2. The summed E-state index contributed by atoms with van der Waals surface area (Å²) in [5.41, 5.74) is 11.3. The van der Waals surface area contributed by atoms with Crippen LogP contribution in [0.2, 0.25) is 0 Å². The molecule has 7 aromatic carbocycles. The summed E-state index contributed by atoms with van der Waals surface area (Å²) in [7, 11) is 0. The van der Waals surface area contributed by atoms with Crippen LogP contribution in [0, 0.1) is 0 Å². The van der Waals surface area contributed by atoms with Gasteiger partial charge in [0.1, 0.15) is 0 Å². The molecule has 0 spiro atoms. The largest absolute Gasteiger partial charge is 0.309 e. The molecule has 4 nitrogen and oxygen atoms in total. The second-order valence-electron chi connectivity index (χ2n) is 11.9. The van der Waals surface area contributed by atoms with Crippen LogP contribution in [0.5, 0.6) is 0 Å². The molecule has 48 heavy (non-hydrogen) atoms. The number of hydrogen-bond donors (Lipinski definition) is 0. The minimum Gasteiger partial charge on any atom is -0.309 e. The molecule has 0 saturated carbocycles. The lowest BCUT2D eigenvalue weighted by Gasteiger charge is -2.11. The molecule has 0 amide bonds. The van der Waals surface area contributed by atoms with Gasteiger partial charge in [0.2, 0.25) is 0 Å². The Balaban J connectivity index is 1.11. The number of benzene rings is 7. The van der Waals surface area contributed by atoms with Crippen LogP contribution in [0.3, 0.4) is 0 Å². The van der Waals surface area contributed by atoms with Gasteiger partial charge < -0.3 is 4.57 Å². The molecule has 0 atom stereocenters. The second-order valence-corrected chi connectivity index (χ2v) is 11.9. The molecule has 0 aliphatic carbocycles. The Labute approximate surface area is 278 Å². The minimum absolute atomic E-state index is 0.700. The van der Waals surface area contributed by atoms with Crippen molar-refractivity contribution < 1.29 is 0 Å². The molecular formula is C44H30N4. The van der Waals surface area contributed by atoms with Crippen molar-refractivity contribution >= 4 is 21.8 Å². The highest BCUT2D eigenvalue weighted by Gasteiger charge is 2.17. The number of hydrogen-bond acceptors (Lipinski definition) is 2. The van der Waals surface area contributed by atoms with Crippen LogP contribution >= 0.6 is 0 Å². The quantitative estimate of drug-likeness (QED) is 0.187. The summed E-state index contributed by atoms with van der Waals surface area (Å²) in [6, 6.07) is 63.8. The Morgan fingerprint density at radius 1 is 0.354 bits per heavy atom. The van der Waals surface area contributed by atoms with E-state index in [0.717, 1.165) is 28.3 Å². The Bertz CT molecular complexity index is 2510. The molecule has 0 fully saturated rings. The average molecular weight is 615 g/mol. The second kappa shape index (κ2) is 11.7. The van der Waals surface area contributed by atoms with Gasteiger partial charge in [0.15, 0.2) is 11.6 Å². The number of para-hydroxylation sites is 1. The molecule has 0 aliphatic rings. The number of aromatic nitrogens is 4. The lowest BCUT2D eigenvalue weighted by Crippen LogP contribution is -2.01. The average Bonchev–Trinajstić information content (AvgIpc) is 3.76. The Morgan fingerprint density at radius 2 is 0.854 bits per heavy atom. The van der Waals surface area contributed by atoms with E-state index in [0.29, 0.717) is 5.82 Å². The summed E-state index contributed by atoms with van der Waals surface area (Å²) >= 11 is 0. The SMILES string of the molecule is c1ccc(-c2ccc(-c3ccc4c(c3)c3ccccc3n4-c3ccc(-n4nc(-c5ccccc5)nc4-c4ccccc4)cc3)cc2)cc1. The molecule has 0 N–H and O–H groups in total. The first-order valence-electron chi connectivity index (χ1n) is 16.2. The van der Waals surface area contributed by atoms with Gasteiger partial charge in [0.25, 0.3) is 0 Å².